The standard InChI is InChI=1S/C19H21N3.C2H6/c1-5-16-8-17(12-22-10-16)15(3)7-19(11-20-4)18-6-14(2)9-21-13-18;1-2/h6-13H,3,5H2,1-2,4H3;1-2H3/b19-7+,20-11?;. The molecule has 3 heteroatoms. The number of allylic oxidation sites excluding steroid dienone is 3. The highest BCUT2D eigenvalue weighted by molar-refractivity contribution is 6.12. The van der Waals surface area contributed by atoms with Gasteiger partial charge in [0.05, 0.1) is 0 Å². The Morgan fingerprint density at radius 1 is 1.08 bits per heavy atom. The van der Waals surface area contributed by atoms with Crippen molar-refractivity contribution in [3.8, 4) is 0 Å². The largest absolute Gasteiger partial charge is 0.296 e. The number of rotatable bonds is 5. The number of nitrogens with zero attached hydrogens (tertiary/aromatic N) is 3. The lowest BCUT2D eigenvalue weighted by Gasteiger charge is -2.07. The van der Waals surface area contributed by atoms with Gasteiger partial charge >= 0.3 is 0 Å². The van der Waals surface area contributed by atoms with Crippen LogP contribution >= 0.6 is 0 Å². The Morgan fingerprint density at radius 2 is 1.75 bits per heavy atom. The lowest BCUT2D eigenvalue weighted by molar-refractivity contribution is 1.10. The highest BCUT2D eigenvalue weighted by atomic mass is 14.6. The molecule has 24 heavy (non-hydrogen) atoms. The summed E-state index contributed by atoms with van der Waals surface area (Å²) in [5.74, 6) is 0. The molecule has 2 rings (SSSR count). The molecule has 0 saturated carbocycles. The van der Waals surface area contributed by atoms with Gasteiger partial charge in [0.15, 0.2) is 0 Å². The SMILES string of the molecule is C=C(/C=C(\C=NC)c1cncc(C)c1)c1cncc(CC)c1.CC. The van der Waals surface area contributed by atoms with Crippen LogP contribution in [-0.2, 0) is 6.42 Å². The van der Waals surface area contributed by atoms with Gasteiger partial charge in [-0.25, -0.2) is 0 Å². The number of aryl methyl sites for hydroxylation is 2. The molecule has 0 amide bonds. The molecule has 2 aromatic rings. The Hall–Kier alpha value is -2.55. The van der Waals surface area contributed by atoms with Crippen LogP contribution in [0, 0.1) is 6.92 Å². The Balaban J connectivity index is 0.00000139. The summed E-state index contributed by atoms with van der Waals surface area (Å²) in [6.07, 6.45) is 12.2. The summed E-state index contributed by atoms with van der Waals surface area (Å²) in [5.41, 5.74) is 6.29. The average molecular weight is 321 g/mol. The van der Waals surface area contributed by atoms with E-state index in [9.17, 15) is 0 Å². The Kier molecular flexibility index (Phi) is 8.34. The summed E-state index contributed by atoms with van der Waals surface area (Å²) in [5, 5.41) is 0. The summed E-state index contributed by atoms with van der Waals surface area (Å²) < 4.78 is 0. The molecule has 126 valence electrons. The van der Waals surface area contributed by atoms with Crippen LogP contribution in [0.25, 0.3) is 11.1 Å². The lowest BCUT2D eigenvalue weighted by Crippen LogP contribution is -1.92. The van der Waals surface area contributed by atoms with Gasteiger partial charge in [-0.15, -0.1) is 0 Å². The number of hydrogen-bond donors (Lipinski definition) is 0. The second-order valence-corrected chi connectivity index (χ2v) is 5.20. The maximum Gasteiger partial charge on any atom is 0.0347 e. The molecule has 0 unspecified atom stereocenters. The molecule has 2 heterocycles. The highest BCUT2D eigenvalue weighted by Gasteiger charge is 2.04. The van der Waals surface area contributed by atoms with Crippen LogP contribution in [0.5, 0.6) is 0 Å². The van der Waals surface area contributed by atoms with Crippen molar-refractivity contribution in [2.24, 2.45) is 4.99 Å². The van der Waals surface area contributed by atoms with E-state index in [-0.39, 0.29) is 0 Å². The van der Waals surface area contributed by atoms with E-state index in [0.717, 1.165) is 34.3 Å². The molecule has 0 aliphatic heterocycles. The van der Waals surface area contributed by atoms with Crippen LogP contribution in [0.1, 0.15) is 43.0 Å². The predicted octanol–water partition coefficient (Wildman–Crippen LogP) is 5.17. The second kappa shape index (κ2) is 10.3. The number of pyridine rings is 2. The van der Waals surface area contributed by atoms with E-state index in [1.807, 2.05) is 57.8 Å². The van der Waals surface area contributed by atoms with Crippen molar-refractivity contribution >= 4 is 17.4 Å². The predicted molar refractivity (Wildman–Crippen MR) is 105 cm³/mol. The Bertz CT molecular complexity index is 727. The molecule has 0 fully saturated rings. The van der Waals surface area contributed by atoms with Crippen molar-refractivity contribution in [2.45, 2.75) is 34.1 Å². The molecule has 0 spiro atoms. The van der Waals surface area contributed by atoms with E-state index < -0.39 is 0 Å². The summed E-state index contributed by atoms with van der Waals surface area (Å²) in [4.78, 5) is 12.7. The zero-order chi connectivity index (χ0) is 17.9. The zero-order valence-electron chi connectivity index (χ0n) is 15.4. The molecule has 0 N–H and O–H groups in total. The first-order valence-electron chi connectivity index (χ1n) is 8.33. The van der Waals surface area contributed by atoms with Gasteiger partial charge in [-0.3, -0.25) is 15.0 Å². The zero-order valence-corrected chi connectivity index (χ0v) is 15.4. The summed E-state index contributed by atoms with van der Waals surface area (Å²) in [6, 6.07) is 4.22. The van der Waals surface area contributed by atoms with Crippen molar-refractivity contribution in [3.05, 3.63) is 71.8 Å². The molecular formula is C21H27N3. The first kappa shape index (κ1) is 19.5. The van der Waals surface area contributed by atoms with Crippen molar-refractivity contribution in [1.29, 1.82) is 0 Å². The normalized spacial score (nSPS) is 11.1. The summed E-state index contributed by atoms with van der Waals surface area (Å²) >= 11 is 0. The smallest absolute Gasteiger partial charge is 0.0347 e. The second-order valence-electron chi connectivity index (χ2n) is 5.20. The molecule has 0 bridgehead atoms. The van der Waals surface area contributed by atoms with Crippen LogP contribution in [0.15, 0.2) is 54.6 Å². The Morgan fingerprint density at radius 3 is 2.38 bits per heavy atom. The monoisotopic (exact) mass is 321 g/mol. The average Bonchev–Trinajstić information content (AvgIpc) is 2.63. The number of aromatic nitrogens is 2. The minimum absolute atomic E-state index is 0.916. The molecule has 0 atom stereocenters. The van der Waals surface area contributed by atoms with E-state index in [1.54, 1.807) is 7.05 Å². The highest BCUT2D eigenvalue weighted by Crippen LogP contribution is 2.21. The Labute approximate surface area is 145 Å². The third-order valence-corrected chi connectivity index (χ3v) is 3.38. The fourth-order valence-corrected chi connectivity index (χ4v) is 2.17. The number of aliphatic imine (C=N–C) groups is 1. The van der Waals surface area contributed by atoms with E-state index in [2.05, 4.69) is 40.6 Å². The van der Waals surface area contributed by atoms with E-state index in [0.29, 0.717) is 0 Å². The van der Waals surface area contributed by atoms with Crippen LogP contribution in [0.3, 0.4) is 0 Å². The van der Waals surface area contributed by atoms with Crippen molar-refractivity contribution in [2.75, 3.05) is 7.05 Å². The van der Waals surface area contributed by atoms with E-state index >= 15 is 0 Å². The molecule has 2 aromatic heterocycles. The molecular weight excluding hydrogens is 294 g/mol. The quantitative estimate of drug-likeness (QED) is 0.563. The topological polar surface area (TPSA) is 38.1 Å². The van der Waals surface area contributed by atoms with Gasteiger partial charge in [-0.2, -0.15) is 0 Å². The minimum Gasteiger partial charge on any atom is -0.296 e. The first-order valence-corrected chi connectivity index (χ1v) is 8.33. The molecule has 0 aromatic carbocycles. The van der Waals surface area contributed by atoms with Gasteiger partial charge in [0.25, 0.3) is 0 Å². The number of hydrogen-bond acceptors (Lipinski definition) is 3. The third kappa shape index (κ3) is 5.58. The maximum absolute atomic E-state index is 4.28. The maximum atomic E-state index is 4.28. The van der Waals surface area contributed by atoms with Crippen molar-refractivity contribution in [1.82, 2.24) is 9.97 Å². The minimum atomic E-state index is 0.916. The van der Waals surface area contributed by atoms with Crippen molar-refractivity contribution < 1.29 is 0 Å². The summed E-state index contributed by atoms with van der Waals surface area (Å²) in [6.45, 7) is 12.3. The van der Waals surface area contributed by atoms with Gasteiger partial charge in [0, 0.05) is 49.2 Å². The van der Waals surface area contributed by atoms with E-state index in [4.69, 9.17) is 0 Å². The van der Waals surface area contributed by atoms with Crippen molar-refractivity contribution in [3.63, 3.8) is 0 Å². The summed E-state index contributed by atoms with van der Waals surface area (Å²) in [7, 11) is 1.76. The van der Waals surface area contributed by atoms with Crippen LogP contribution in [0.4, 0.5) is 0 Å². The lowest BCUT2D eigenvalue weighted by atomic mass is 10.0. The first-order chi connectivity index (χ1) is 11.6. The van der Waals surface area contributed by atoms with Gasteiger partial charge in [0.2, 0.25) is 0 Å². The van der Waals surface area contributed by atoms with Gasteiger partial charge < -0.3 is 0 Å². The van der Waals surface area contributed by atoms with Crippen LogP contribution in [0.2, 0.25) is 0 Å². The van der Waals surface area contributed by atoms with Gasteiger partial charge in [0.1, 0.15) is 0 Å². The van der Waals surface area contributed by atoms with Gasteiger partial charge in [-0.05, 0) is 53.8 Å². The molecule has 0 radical (unpaired) electrons. The van der Waals surface area contributed by atoms with E-state index in [1.165, 1.54) is 5.56 Å². The molecule has 0 saturated heterocycles. The molecule has 0 aliphatic rings. The molecule has 3 nitrogen and oxygen atoms in total. The van der Waals surface area contributed by atoms with Gasteiger partial charge in [-0.1, -0.05) is 27.4 Å². The van der Waals surface area contributed by atoms with Crippen LogP contribution < -0.4 is 0 Å². The van der Waals surface area contributed by atoms with Crippen LogP contribution in [-0.4, -0.2) is 23.2 Å². The third-order valence-electron chi connectivity index (χ3n) is 3.38. The fraction of sp³-hybridized carbons (Fsp3) is 0.286. The molecule has 0 aliphatic carbocycles. The fourth-order valence-electron chi connectivity index (χ4n) is 2.17.